The Morgan fingerprint density at radius 3 is 2.36 bits per heavy atom. The Labute approximate surface area is 87.1 Å². The first-order chi connectivity index (χ1) is 6.59. The van der Waals surface area contributed by atoms with Crippen molar-refractivity contribution < 1.29 is 4.79 Å². The molecule has 1 rings (SSSR count). The molecule has 0 saturated carbocycles. The maximum absolute atomic E-state index is 10.8. The number of hydrogen-bond donors (Lipinski definition) is 0. The quantitative estimate of drug-likeness (QED) is 0.673. The van der Waals surface area contributed by atoms with Crippen LogP contribution in [0.25, 0.3) is 0 Å². The molecule has 0 aromatic carbocycles. The standard InChI is InChI=1S/C11H22N2O/c1-10(14)4-7-13-8-5-11(6-9-13)12(2)3/h11H,4-9H2,1-3H3. The molecule has 1 fully saturated rings. The smallest absolute Gasteiger partial charge is 0.131 e. The molecule has 0 aliphatic carbocycles. The van der Waals surface area contributed by atoms with Gasteiger partial charge in [0.2, 0.25) is 0 Å². The summed E-state index contributed by atoms with van der Waals surface area (Å²) in [6.07, 6.45) is 3.20. The molecule has 1 aliphatic rings. The van der Waals surface area contributed by atoms with E-state index < -0.39 is 0 Å². The molecule has 0 spiro atoms. The number of ketones is 1. The van der Waals surface area contributed by atoms with Crippen LogP contribution in [0.2, 0.25) is 0 Å². The Morgan fingerprint density at radius 2 is 1.93 bits per heavy atom. The van der Waals surface area contributed by atoms with Crippen LogP contribution in [0.3, 0.4) is 0 Å². The number of carbonyl (C=O) groups excluding carboxylic acids is 1. The Balaban J connectivity index is 2.19. The van der Waals surface area contributed by atoms with Crippen LogP contribution in [0, 0.1) is 0 Å². The van der Waals surface area contributed by atoms with Crippen molar-refractivity contribution in [2.75, 3.05) is 33.7 Å². The van der Waals surface area contributed by atoms with Crippen LogP contribution in [0.4, 0.5) is 0 Å². The lowest BCUT2D eigenvalue weighted by Crippen LogP contribution is -2.42. The lowest BCUT2D eigenvalue weighted by atomic mass is 10.0. The summed E-state index contributed by atoms with van der Waals surface area (Å²) in [5.41, 5.74) is 0. The van der Waals surface area contributed by atoms with Crippen molar-refractivity contribution >= 4 is 5.78 Å². The normalized spacial score (nSPS) is 20.3. The highest BCUT2D eigenvalue weighted by Crippen LogP contribution is 2.13. The summed E-state index contributed by atoms with van der Waals surface area (Å²) in [4.78, 5) is 15.5. The predicted octanol–water partition coefficient (Wildman–Crippen LogP) is 0.991. The average molecular weight is 198 g/mol. The van der Waals surface area contributed by atoms with Crippen molar-refractivity contribution in [2.24, 2.45) is 0 Å². The highest BCUT2D eigenvalue weighted by atomic mass is 16.1. The van der Waals surface area contributed by atoms with Crippen LogP contribution in [-0.2, 0) is 4.79 Å². The molecule has 1 aliphatic heterocycles. The number of hydrogen-bond acceptors (Lipinski definition) is 3. The fourth-order valence-corrected chi connectivity index (χ4v) is 1.97. The van der Waals surface area contributed by atoms with Gasteiger partial charge in [0.25, 0.3) is 0 Å². The summed E-state index contributed by atoms with van der Waals surface area (Å²) in [6, 6.07) is 0.739. The van der Waals surface area contributed by atoms with Crippen molar-refractivity contribution in [1.82, 2.24) is 9.80 Å². The third-order valence-corrected chi connectivity index (χ3v) is 3.07. The van der Waals surface area contributed by atoms with E-state index in [1.165, 1.54) is 12.8 Å². The maximum Gasteiger partial charge on any atom is 0.131 e. The molecule has 3 heteroatoms. The van der Waals surface area contributed by atoms with E-state index in [-0.39, 0.29) is 0 Å². The van der Waals surface area contributed by atoms with Crippen molar-refractivity contribution in [2.45, 2.75) is 32.2 Å². The highest BCUT2D eigenvalue weighted by molar-refractivity contribution is 5.75. The van der Waals surface area contributed by atoms with E-state index in [1.807, 2.05) is 0 Å². The second-order valence-electron chi connectivity index (χ2n) is 4.49. The molecule has 0 bridgehead atoms. The van der Waals surface area contributed by atoms with E-state index in [0.29, 0.717) is 12.2 Å². The number of Topliss-reactive ketones (excluding diaryl/α,β-unsaturated/α-hetero) is 1. The van der Waals surface area contributed by atoms with E-state index in [1.54, 1.807) is 6.92 Å². The fourth-order valence-electron chi connectivity index (χ4n) is 1.97. The van der Waals surface area contributed by atoms with Gasteiger partial charge in [-0.2, -0.15) is 0 Å². The van der Waals surface area contributed by atoms with Gasteiger partial charge >= 0.3 is 0 Å². The van der Waals surface area contributed by atoms with Crippen LogP contribution in [0.15, 0.2) is 0 Å². The van der Waals surface area contributed by atoms with Gasteiger partial charge < -0.3 is 9.80 Å². The topological polar surface area (TPSA) is 23.6 Å². The van der Waals surface area contributed by atoms with Crippen LogP contribution in [0.5, 0.6) is 0 Å². The van der Waals surface area contributed by atoms with Gasteiger partial charge in [0.15, 0.2) is 0 Å². The van der Waals surface area contributed by atoms with Crippen molar-refractivity contribution in [3.63, 3.8) is 0 Å². The molecule has 0 aromatic rings. The molecule has 3 nitrogen and oxygen atoms in total. The van der Waals surface area contributed by atoms with Crippen molar-refractivity contribution in [3.8, 4) is 0 Å². The molecule has 82 valence electrons. The predicted molar refractivity (Wildman–Crippen MR) is 58.4 cm³/mol. The first kappa shape index (κ1) is 11.7. The van der Waals surface area contributed by atoms with Gasteiger partial charge in [0, 0.05) is 19.0 Å². The fraction of sp³-hybridized carbons (Fsp3) is 0.909. The zero-order valence-electron chi connectivity index (χ0n) is 9.62. The Morgan fingerprint density at radius 1 is 1.36 bits per heavy atom. The zero-order valence-corrected chi connectivity index (χ0v) is 9.62. The number of rotatable bonds is 4. The largest absolute Gasteiger partial charge is 0.306 e. The summed E-state index contributed by atoms with van der Waals surface area (Å²) in [5, 5.41) is 0. The highest BCUT2D eigenvalue weighted by Gasteiger charge is 2.20. The number of piperidine rings is 1. The van der Waals surface area contributed by atoms with Gasteiger partial charge in [-0.1, -0.05) is 0 Å². The Bertz CT molecular complexity index is 184. The van der Waals surface area contributed by atoms with Crippen LogP contribution < -0.4 is 0 Å². The molecule has 0 aromatic heterocycles. The third-order valence-electron chi connectivity index (χ3n) is 3.07. The molecule has 0 N–H and O–H groups in total. The third kappa shape index (κ3) is 3.76. The van der Waals surface area contributed by atoms with Crippen molar-refractivity contribution in [1.29, 1.82) is 0 Å². The van der Waals surface area contributed by atoms with Crippen molar-refractivity contribution in [3.05, 3.63) is 0 Å². The SMILES string of the molecule is CC(=O)CCN1CCC(N(C)C)CC1. The van der Waals surface area contributed by atoms with E-state index in [9.17, 15) is 4.79 Å². The van der Waals surface area contributed by atoms with Gasteiger partial charge in [0.1, 0.15) is 5.78 Å². The van der Waals surface area contributed by atoms with Gasteiger partial charge in [-0.05, 0) is 47.0 Å². The lowest BCUT2D eigenvalue weighted by Gasteiger charge is -2.34. The molecule has 0 unspecified atom stereocenters. The Hall–Kier alpha value is -0.410. The first-order valence-corrected chi connectivity index (χ1v) is 5.48. The molecule has 0 amide bonds. The van der Waals surface area contributed by atoms with Gasteiger partial charge in [-0.25, -0.2) is 0 Å². The van der Waals surface area contributed by atoms with Crippen LogP contribution >= 0.6 is 0 Å². The van der Waals surface area contributed by atoms with Gasteiger partial charge in [0.05, 0.1) is 0 Å². The molecule has 0 radical (unpaired) electrons. The van der Waals surface area contributed by atoms with Gasteiger partial charge in [-0.15, -0.1) is 0 Å². The summed E-state index contributed by atoms with van der Waals surface area (Å²) in [5.74, 6) is 0.305. The number of nitrogens with zero attached hydrogens (tertiary/aromatic N) is 2. The molecular formula is C11H22N2O. The minimum Gasteiger partial charge on any atom is -0.306 e. The van der Waals surface area contributed by atoms with Crippen LogP contribution in [0.1, 0.15) is 26.2 Å². The molecule has 1 saturated heterocycles. The van der Waals surface area contributed by atoms with E-state index in [4.69, 9.17) is 0 Å². The summed E-state index contributed by atoms with van der Waals surface area (Å²) < 4.78 is 0. The lowest BCUT2D eigenvalue weighted by molar-refractivity contribution is -0.117. The van der Waals surface area contributed by atoms with E-state index in [2.05, 4.69) is 23.9 Å². The molecule has 14 heavy (non-hydrogen) atoms. The summed E-state index contributed by atoms with van der Waals surface area (Å²) in [6.45, 7) is 4.92. The second-order valence-corrected chi connectivity index (χ2v) is 4.49. The van der Waals surface area contributed by atoms with E-state index in [0.717, 1.165) is 25.7 Å². The zero-order chi connectivity index (χ0) is 10.6. The number of carbonyl (C=O) groups is 1. The molecule has 0 atom stereocenters. The first-order valence-electron chi connectivity index (χ1n) is 5.48. The Kier molecular flexibility index (Phi) is 4.55. The van der Waals surface area contributed by atoms with Gasteiger partial charge in [-0.3, -0.25) is 4.79 Å². The average Bonchev–Trinajstić information content (AvgIpc) is 2.15. The summed E-state index contributed by atoms with van der Waals surface area (Å²) in [7, 11) is 4.30. The van der Waals surface area contributed by atoms with E-state index >= 15 is 0 Å². The summed E-state index contributed by atoms with van der Waals surface area (Å²) >= 11 is 0. The van der Waals surface area contributed by atoms with Crippen LogP contribution in [-0.4, -0.2) is 55.4 Å². The minimum absolute atomic E-state index is 0.305. The second kappa shape index (κ2) is 5.47. The molecular weight excluding hydrogens is 176 g/mol. The maximum atomic E-state index is 10.8. The molecule has 1 heterocycles. The number of likely N-dealkylation sites (tertiary alicyclic amines) is 1. The minimum atomic E-state index is 0.305. The monoisotopic (exact) mass is 198 g/mol.